The molecule has 18 heavy (non-hydrogen) atoms. The van der Waals surface area contributed by atoms with Crippen molar-refractivity contribution in [3.05, 3.63) is 12.7 Å². The molecule has 0 fully saturated rings. The molecule has 1 aromatic rings. The van der Waals surface area contributed by atoms with Crippen molar-refractivity contribution in [2.24, 2.45) is 0 Å². The average Bonchev–Trinajstić information content (AvgIpc) is 2.66. The molecule has 1 atom stereocenters. The highest BCUT2D eigenvalue weighted by atomic mass is 31.2. The van der Waals surface area contributed by atoms with Gasteiger partial charge in [-0.05, 0) is 6.92 Å². The monoisotopic (exact) mass is 301 g/mol. The topological polar surface area (TPSA) is 166 Å². The standard InChI is InChI=1S/C6H13N3O7P2/c1-5(9-4-7-3-8-9)2-6(10,17(11,12)13)18(14,15)16/h3-5,10H,2H2,1H3,(H2,11,12,13)(H2,14,15,16). The zero-order valence-corrected chi connectivity index (χ0v) is 11.0. The number of hydrogen-bond donors (Lipinski definition) is 5. The summed E-state index contributed by atoms with van der Waals surface area (Å²) in [7, 11) is -10.9. The molecule has 5 N–H and O–H groups in total. The van der Waals surface area contributed by atoms with Crippen LogP contribution in [0.5, 0.6) is 0 Å². The second kappa shape index (κ2) is 4.82. The van der Waals surface area contributed by atoms with Crippen LogP contribution in [0.15, 0.2) is 12.7 Å². The van der Waals surface area contributed by atoms with Gasteiger partial charge in [0.25, 0.3) is 5.08 Å². The Bertz CT molecular complexity index is 469. The Hall–Kier alpha value is -0.600. The SMILES string of the molecule is CC(CC(O)(P(=O)(O)O)P(=O)(O)O)n1cncn1. The van der Waals surface area contributed by atoms with Crippen LogP contribution in [0.2, 0.25) is 0 Å². The summed E-state index contributed by atoms with van der Waals surface area (Å²) in [5, 5.41) is 9.88. The van der Waals surface area contributed by atoms with Gasteiger partial charge in [0.2, 0.25) is 0 Å². The van der Waals surface area contributed by atoms with Gasteiger partial charge in [0.15, 0.2) is 0 Å². The first-order valence-corrected chi connectivity index (χ1v) is 7.89. The third-order valence-electron chi connectivity index (χ3n) is 2.39. The smallest absolute Gasteiger partial charge is 0.367 e. The lowest BCUT2D eigenvalue weighted by Gasteiger charge is -2.31. The molecule has 1 rings (SSSR count). The number of aliphatic hydroxyl groups is 1. The molecule has 0 amide bonds. The molecule has 0 aromatic carbocycles. The molecule has 104 valence electrons. The third-order valence-corrected chi connectivity index (χ3v) is 6.18. The molecule has 0 radical (unpaired) electrons. The Labute approximate surface area is 102 Å². The van der Waals surface area contributed by atoms with Crippen molar-refractivity contribution in [2.45, 2.75) is 24.5 Å². The van der Waals surface area contributed by atoms with E-state index in [0.717, 1.165) is 11.0 Å². The molecule has 12 heteroatoms. The van der Waals surface area contributed by atoms with E-state index in [0.29, 0.717) is 0 Å². The lowest BCUT2D eigenvalue weighted by molar-refractivity contribution is 0.108. The minimum atomic E-state index is -5.43. The highest BCUT2D eigenvalue weighted by Crippen LogP contribution is 2.69. The average molecular weight is 301 g/mol. The summed E-state index contributed by atoms with van der Waals surface area (Å²) in [6.07, 6.45) is 1.47. The first-order chi connectivity index (χ1) is 7.99. The molecular formula is C6H13N3O7P2. The Morgan fingerprint density at radius 2 is 1.78 bits per heavy atom. The van der Waals surface area contributed by atoms with Crippen molar-refractivity contribution in [1.29, 1.82) is 0 Å². The molecule has 0 spiro atoms. The molecule has 0 aliphatic rings. The predicted octanol–water partition coefficient (Wildman–Crippen LogP) is -0.769. The summed E-state index contributed by atoms with van der Waals surface area (Å²) in [5.41, 5.74) is 0. The van der Waals surface area contributed by atoms with Crippen molar-refractivity contribution in [1.82, 2.24) is 14.8 Å². The molecule has 1 unspecified atom stereocenters. The zero-order valence-electron chi connectivity index (χ0n) is 9.23. The highest BCUT2D eigenvalue weighted by Gasteiger charge is 2.59. The van der Waals surface area contributed by atoms with E-state index in [1.54, 1.807) is 0 Å². The van der Waals surface area contributed by atoms with E-state index >= 15 is 0 Å². The number of hydrogen-bond acceptors (Lipinski definition) is 5. The van der Waals surface area contributed by atoms with Crippen molar-refractivity contribution in [2.75, 3.05) is 0 Å². The third kappa shape index (κ3) is 2.86. The minimum Gasteiger partial charge on any atom is -0.367 e. The van der Waals surface area contributed by atoms with Crippen LogP contribution < -0.4 is 0 Å². The molecule has 0 bridgehead atoms. The summed E-state index contributed by atoms with van der Waals surface area (Å²) in [5.74, 6) is 0. The molecule has 10 nitrogen and oxygen atoms in total. The molecule has 1 aromatic heterocycles. The fraction of sp³-hybridized carbons (Fsp3) is 0.667. The van der Waals surface area contributed by atoms with Crippen LogP contribution in [0, 0.1) is 0 Å². The molecular weight excluding hydrogens is 288 g/mol. The van der Waals surface area contributed by atoms with Crippen molar-refractivity contribution in [3.8, 4) is 0 Å². The van der Waals surface area contributed by atoms with Gasteiger partial charge in [-0.25, -0.2) is 4.98 Å². The van der Waals surface area contributed by atoms with Gasteiger partial charge in [-0.15, -0.1) is 0 Å². The maximum Gasteiger partial charge on any atom is 0.369 e. The second-order valence-electron chi connectivity index (χ2n) is 3.79. The van der Waals surface area contributed by atoms with Crippen molar-refractivity contribution in [3.63, 3.8) is 0 Å². The van der Waals surface area contributed by atoms with E-state index in [-0.39, 0.29) is 0 Å². The summed E-state index contributed by atoms with van der Waals surface area (Å²) < 4.78 is 23.3. The van der Waals surface area contributed by atoms with Gasteiger partial charge in [0.1, 0.15) is 12.7 Å². The Kier molecular flexibility index (Phi) is 4.14. The van der Waals surface area contributed by atoms with Crippen LogP contribution >= 0.6 is 15.2 Å². The van der Waals surface area contributed by atoms with Gasteiger partial charge >= 0.3 is 15.2 Å². The summed E-state index contributed by atoms with van der Waals surface area (Å²) in [4.78, 5) is 39.3. The maximum absolute atomic E-state index is 11.1. The quantitative estimate of drug-likeness (QED) is 0.439. The van der Waals surface area contributed by atoms with Crippen LogP contribution in [0.1, 0.15) is 19.4 Å². The molecule has 0 aliphatic heterocycles. The predicted molar refractivity (Wildman–Crippen MR) is 58.4 cm³/mol. The number of nitrogens with zero attached hydrogens (tertiary/aromatic N) is 3. The van der Waals surface area contributed by atoms with Crippen LogP contribution in [0.4, 0.5) is 0 Å². The van der Waals surface area contributed by atoms with Crippen molar-refractivity contribution < 1.29 is 33.8 Å². The molecule has 0 aliphatic carbocycles. The first-order valence-electron chi connectivity index (χ1n) is 4.67. The van der Waals surface area contributed by atoms with Crippen LogP contribution in [0.25, 0.3) is 0 Å². The summed E-state index contributed by atoms with van der Waals surface area (Å²) in [6.45, 7) is 1.38. The van der Waals surface area contributed by atoms with E-state index < -0.39 is 32.7 Å². The molecule has 0 saturated heterocycles. The number of aromatic nitrogens is 3. The molecule has 0 saturated carbocycles. The van der Waals surface area contributed by atoms with Gasteiger partial charge < -0.3 is 24.7 Å². The normalized spacial score (nSPS) is 15.7. The largest absolute Gasteiger partial charge is 0.369 e. The van der Waals surface area contributed by atoms with E-state index in [1.165, 1.54) is 13.3 Å². The molecule has 1 heterocycles. The summed E-state index contributed by atoms with van der Waals surface area (Å²) >= 11 is 0. The maximum atomic E-state index is 11.1. The fourth-order valence-electron chi connectivity index (χ4n) is 1.34. The minimum absolute atomic E-state index is 0.863. The van der Waals surface area contributed by atoms with Crippen LogP contribution in [-0.2, 0) is 9.13 Å². The van der Waals surface area contributed by atoms with Crippen molar-refractivity contribution >= 4 is 15.2 Å². The Morgan fingerprint density at radius 3 is 2.11 bits per heavy atom. The van der Waals surface area contributed by atoms with E-state index in [1.807, 2.05) is 0 Å². The highest BCUT2D eigenvalue weighted by molar-refractivity contribution is 7.72. The zero-order chi connectivity index (χ0) is 14.2. The van der Waals surface area contributed by atoms with E-state index in [2.05, 4.69) is 10.1 Å². The lowest BCUT2D eigenvalue weighted by atomic mass is 10.2. The number of rotatable bonds is 5. The van der Waals surface area contributed by atoms with Crippen LogP contribution in [0.3, 0.4) is 0 Å². The van der Waals surface area contributed by atoms with Gasteiger partial charge in [0.05, 0.1) is 6.04 Å². The van der Waals surface area contributed by atoms with Gasteiger partial charge in [-0.3, -0.25) is 13.8 Å². The van der Waals surface area contributed by atoms with E-state index in [9.17, 15) is 14.2 Å². The van der Waals surface area contributed by atoms with E-state index in [4.69, 9.17) is 19.6 Å². The van der Waals surface area contributed by atoms with Crippen LogP contribution in [-0.4, -0.2) is 44.5 Å². The van der Waals surface area contributed by atoms with Gasteiger partial charge in [0, 0.05) is 6.42 Å². The first kappa shape index (κ1) is 15.5. The summed E-state index contributed by atoms with van der Waals surface area (Å²) in [6, 6.07) is -0.863. The lowest BCUT2D eigenvalue weighted by Crippen LogP contribution is -2.31. The van der Waals surface area contributed by atoms with Gasteiger partial charge in [-0.1, -0.05) is 0 Å². The Balaban J connectivity index is 3.09. The Morgan fingerprint density at radius 1 is 1.28 bits per heavy atom. The van der Waals surface area contributed by atoms with Gasteiger partial charge in [-0.2, -0.15) is 5.10 Å². The second-order valence-corrected chi connectivity index (χ2v) is 7.80. The fourth-order valence-corrected chi connectivity index (χ4v) is 3.70.